The van der Waals surface area contributed by atoms with Crippen molar-refractivity contribution in [3.8, 4) is 0 Å². The van der Waals surface area contributed by atoms with Crippen LogP contribution in [-0.4, -0.2) is 49.2 Å². The fourth-order valence-electron chi connectivity index (χ4n) is 2.31. The summed E-state index contributed by atoms with van der Waals surface area (Å²) in [5.74, 6) is 0. The number of nitrogens with one attached hydrogen (secondary N) is 1. The van der Waals surface area contributed by atoms with Gasteiger partial charge in [0.25, 0.3) is 0 Å². The van der Waals surface area contributed by atoms with Gasteiger partial charge >= 0.3 is 0 Å². The molecule has 0 aromatic heterocycles. The number of nitrogens with zero attached hydrogens (tertiary/aromatic N) is 1. The van der Waals surface area contributed by atoms with Gasteiger partial charge in [0.1, 0.15) is 0 Å². The van der Waals surface area contributed by atoms with Gasteiger partial charge in [-0.3, -0.25) is 0 Å². The van der Waals surface area contributed by atoms with Crippen molar-refractivity contribution in [2.75, 3.05) is 33.2 Å². The Morgan fingerprint density at radius 3 is 2.09 bits per heavy atom. The molecule has 2 rings (SSSR count). The predicted octanol–water partition coefficient (Wildman–Crippen LogP) is -2.07. The second-order valence-corrected chi connectivity index (χ2v) is 4.09. The smallest absolute Gasteiger partial charge is 0.0617 e. The minimum atomic E-state index is -0.193. The van der Waals surface area contributed by atoms with Gasteiger partial charge in [0.05, 0.1) is 11.1 Å². The van der Waals surface area contributed by atoms with Crippen molar-refractivity contribution in [3.63, 3.8) is 0 Å². The van der Waals surface area contributed by atoms with Crippen molar-refractivity contribution in [1.82, 2.24) is 10.2 Å². The van der Waals surface area contributed by atoms with E-state index in [4.69, 9.17) is 11.5 Å². The van der Waals surface area contributed by atoms with E-state index in [0.29, 0.717) is 0 Å². The summed E-state index contributed by atoms with van der Waals surface area (Å²) in [6.45, 7) is 3.54. The lowest BCUT2D eigenvalue weighted by Crippen LogP contribution is -2.64. The Bertz CT molecular complexity index is 165. The molecule has 11 heavy (non-hydrogen) atoms. The molecule has 2 aliphatic heterocycles. The van der Waals surface area contributed by atoms with Crippen LogP contribution < -0.4 is 16.8 Å². The van der Waals surface area contributed by atoms with Gasteiger partial charge in [-0.15, -0.1) is 0 Å². The lowest BCUT2D eigenvalue weighted by Gasteiger charge is -2.30. The summed E-state index contributed by atoms with van der Waals surface area (Å²) in [7, 11) is 2.07. The molecule has 64 valence electrons. The van der Waals surface area contributed by atoms with E-state index in [-0.39, 0.29) is 11.1 Å². The molecule has 2 saturated heterocycles. The van der Waals surface area contributed by atoms with Crippen LogP contribution in [0.25, 0.3) is 0 Å². The number of nitrogens with two attached hydrogens (primary N) is 2. The van der Waals surface area contributed by atoms with E-state index in [2.05, 4.69) is 17.3 Å². The number of likely N-dealkylation sites (tertiary alicyclic amines) is 1. The van der Waals surface area contributed by atoms with Crippen LogP contribution in [0.4, 0.5) is 0 Å². The molecule has 0 saturated carbocycles. The van der Waals surface area contributed by atoms with E-state index in [0.717, 1.165) is 26.2 Å². The van der Waals surface area contributed by atoms with Crippen LogP contribution in [0.1, 0.15) is 0 Å². The van der Waals surface area contributed by atoms with Crippen molar-refractivity contribution in [3.05, 3.63) is 0 Å². The molecular formula is C7H16N4. The van der Waals surface area contributed by atoms with Gasteiger partial charge in [-0.05, 0) is 7.05 Å². The molecule has 0 radical (unpaired) electrons. The first-order valence-electron chi connectivity index (χ1n) is 4.03. The zero-order valence-corrected chi connectivity index (χ0v) is 6.93. The van der Waals surface area contributed by atoms with Crippen LogP contribution in [0.2, 0.25) is 0 Å². The second kappa shape index (κ2) is 1.95. The Morgan fingerprint density at radius 1 is 1.18 bits per heavy atom. The Morgan fingerprint density at radius 2 is 1.64 bits per heavy atom. The highest BCUT2D eigenvalue weighted by Crippen LogP contribution is 2.29. The number of rotatable bonds is 0. The molecule has 2 unspecified atom stereocenters. The van der Waals surface area contributed by atoms with Gasteiger partial charge < -0.3 is 21.7 Å². The van der Waals surface area contributed by atoms with Crippen molar-refractivity contribution >= 4 is 0 Å². The van der Waals surface area contributed by atoms with Gasteiger partial charge in [-0.25, -0.2) is 0 Å². The largest absolute Gasteiger partial charge is 0.321 e. The van der Waals surface area contributed by atoms with Crippen LogP contribution in [0.3, 0.4) is 0 Å². The first-order valence-corrected chi connectivity index (χ1v) is 4.03. The fourth-order valence-corrected chi connectivity index (χ4v) is 2.31. The fraction of sp³-hybridized carbons (Fsp3) is 1.00. The maximum absolute atomic E-state index is 6.16. The first kappa shape index (κ1) is 7.49. The minimum absolute atomic E-state index is 0.193. The zero-order valence-electron chi connectivity index (χ0n) is 6.93. The Balaban J connectivity index is 2.28. The summed E-state index contributed by atoms with van der Waals surface area (Å²) in [5, 5.41) is 3.25. The minimum Gasteiger partial charge on any atom is -0.321 e. The molecule has 4 heteroatoms. The molecular weight excluding hydrogens is 140 g/mol. The summed E-state index contributed by atoms with van der Waals surface area (Å²) in [6.07, 6.45) is 0. The normalized spacial score (nSPS) is 51.5. The predicted molar refractivity (Wildman–Crippen MR) is 44.2 cm³/mol. The number of fused-ring (bicyclic) bond motifs is 1. The average molecular weight is 156 g/mol. The molecule has 0 amide bonds. The Kier molecular flexibility index (Phi) is 1.33. The van der Waals surface area contributed by atoms with Crippen LogP contribution in [0, 0.1) is 0 Å². The van der Waals surface area contributed by atoms with Crippen LogP contribution >= 0.6 is 0 Å². The zero-order chi connectivity index (χ0) is 8.11. The quantitative estimate of drug-likeness (QED) is 0.377. The standard InChI is InChI=1S/C7H16N4/c1-11-4-6(8)2-10-3-7(6,9)5-11/h10H,2-5,8-9H2,1H3. The highest BCUT2D eigenvalue weighted by molar-refractivity contribution is 5.20. The van der Waals surface area contributed by atoms with Crippen LogP contribution in [0.5, 0.6) is 0 Å². The third-order valence-electron chi connectivity index (χ3n) is 2.98. The Hall–Kier alpha value is -0.160. The highest BCUT2D eigenvalue weighted by Gasteiger charge is 2.55. The van der Waals surface area contributed by atoms with Gasteiger partial charge in [-0.1, -0.05) is 0 Å². The number of hydrogen-bond donors (Lipinski definition) is 3. The van der Waals surface area contributed by atoms with Gasteiger partial charge in [0.15, 0.2) is 0 Å². The molecule has 0 aromatic rings. The summed E-state index contributed by atoms with van der Waals surface area (Å²) in [4.78, 5) is 2.21. The maximum Gasteiger partial charge on any atom is 0.0617 e. The molecule has 2 heterocycles. The van der Waals surface area contributed by atoms with Crippen molar-refractivity contribution in [2.24, 2.45) is 11.5 Å². The van der Waals surface area contributed by atoms with Gasteiger partial charge in [-0.2, -0.15) is 0 Å². The second-order valence-electron chi connectivity index (χ2n) is 4.09. The van der Waals surface area contributed by atoms with Crippen molar-refractivity contribution < 1.29 is 0 Å². The molecule has 4 nitrogen and oxygen atoms in total. The average Bonchev–Trinajstić information content (AvgIpc) is 2.16. The molecule has 0 spiro atoms. The van der Waals surface area contributed by atoms with E-state index in [1.54, 1.807) is 0 Å². The highest BCUT2D eigenvalue weighted by atomic mass is 15.3. The third kappa shape index (κ3) is 0.840. The van der Waals surface area contributed by atoms with E-state index in [1.807, 2.05) is 0 Å². The Labute approximate surface area is 66.9 Å². The van der Waals surface area contributed by atoms with Crippen molar-refractivity contribution in [1.29, 1.82) is 0 Å². The molecule has 2 atom stereocenters. The third-order valence-corrected chi connectivity index (χ3v) is 2.98. The topological polar surface area (TPSA) is 67.3 Å². The first-order chi connectivity index (χ1) is 5.06. The van der Waals surface area contributed by atoms with Gasteiger partial charge in [0.2, 0.25) is 0 Å². The number of hydrogen-bond acceptors (Lipinski definition) is 4. The summed E-state index contributed by atoms with van der Waals surface area (Å²) in [6, 6.07) is 0. The van der Waals surface area contributed by atoms with E-state index < -0.39 is 0 Å². The lowest BCUT2D eigenvalue weighted by atomic mass is 9.85. The van der Waals surface area contributed by atoms with E-state index in [1.165, 1.54) is 0 Å². The molecule has 0 bridgehead atoms. The maximum atomic E-state index is 6.16. The monoisotopic (exact) mass is 156 g/mol. The molecule has 2 aliphatic rings. The molecule has 2 fully saturated rings. The summed E-state index contributed by atoms with van der Waals surface area (Å²) < 4.78 is 0. The SMILES string of the molecule is CN1CC2(N)CNCC2(N)C1. The molecule has 0 aliphatic carbocycles. The van der Waals surface area contributed by atoms with E-state index >= 15 is 0 Å². The lowest BCUT2D eigenvalue weighted by molar-refractivity contribution is 0.367. The van der Waals surface area contributed by atoms with Crippen molar-refractivity contribution in [2.45, 2.75) is 11.1 Å². The summed E-state index contributed by atoms with van der Waals surface area (Å²) >= 11 is 0. The molecule has 5 N–H and O–H groups in total. The number of likely N-dealkylation sites (N-methyl/N-ethyl adjacent to an activating group) is 1. The van der Waals surface area contributed by atoms with Gasteiger partial charge in [0, 0.05) is 26.2 Å². The molecule has 0 aromatic carbocycles. The summed E-state index contributed by atoms with van der Waals surface area (Å²) in [5.41, 5.74) is 11.9. The van der Waals surface area contributed by atoms with Crippen LogP contribution in [0.15, 0.2) is 0 Å². The van der Waals surface area contributed by atoms with Crippen LogP contribution in [-0.2, 0) is 0 Å². The van der Waals surface area contributed by atoms with E-state index in [9.17, 15) is 0 Å².